The number of halogens is 3. The summed E-state index contributed by atoms with van der Waals surface area (Å²) in [4.78, 5) is 22.1. The minimum absolute atomic E-state index is 0.100. The van der Waals surface area contributed by atoms with Gasteiger partial charge in [-0.25, -0.2) is 4.79 Å². The smallest absolute Gasteiger partial charge is 0.322 e. The van der Waals surface area contributed by atoms with E-state index in [-0.39, 0.29) is 5.56 Å². The molecule has 1 aliphatic heterocycles. The number of alkyl halides is 3. The first kappa shape index (κ1) is 11.4. The van der Waals surface area contributed by atoms with Gasteiger partial charge in [0.2, 0.25) is 0 Å². The van der Waals surface area contributed by atoms with Gasteiger partial charge in [0.25, 0.3) is 5.91 Å². The molecular weight excluding hydrogens is 237 g/mol. The van der Waals surface area contributed by atoms with Crippen LogP contribution in [0.4, 0.5) is 18.0 Å². The third kappa shape index (κ3) is 2.22. The first-order chi connectivity index (χ1) is 7.88. The van der Waals surface area contributed by atoms with Crippen LogP contribution in [0.2, 0.25) is 0 Å². The summed E-state index contributed by atoms with van der Waals surface area (Å²) < 4.78 is 37.3. The third-order valence-electron chi connectivity index (χ3n) is 2.32. The average molecular weight is 244 g/mol. The van der Waals surface area contributed by atoms with Gasteiger partial charge in [-0.3, -0.25) is 10.1 Å². The standard InChI is InChI=1S/C10H7F3N2O2/c11-10(12,13)6-3-1-2-5(4-6)7-8(16)15-9(17)14-7/h1-4,7H,(H2,14,15,16,17)/t7-/m1/s1. The Morgan fingerprint density at radius 2 is 1.88 bits per heavy atom. The Morgan fingerprint density at radius 3 is 2.41 bits per heavy atom. The zero-order valence-electron chi connectivity index (χ0n) is 8.34. The van der Waals surface area contributed by atoms with E-state index in [0.29, 0.717) is 0 Å². The summed E-state index contributed by atoms with van der Waals surface area (Å²) in [5.41, 5.74) is -0.757. The molecule has 2 rings (SSSR count). The summed E-state index contributed by atoms with van der Waals surface area (Å²) in [6, 6.07) is 2.51. The van der Waals surface area contributed by atoms with Gasteiger partial charge in [0.05, 0.1) is 5.56 Å². The molecule has 0 aromatic heterocycles. The van der Waals surface area contributed by atoms with Crippen LogP contribution in [0.25, 0.3) is 0 Å². The summed E-state index contributed by atoms with van der Waals surface area (Å²) in [6.07, 6.45) is -4.48. The first-order valence-electron chi connectivity index (χ1n) is 4.66. The number of hydrogen-bond donors (Lipinski definition) is 2. The normalized spacial score (nSPS) is 20.1. The van der Waals surface area contributed by atoms with Gasteiger partial charge in [-0.05, 0) is 17.7 Å². The molecule has 1 saturated heterocycles. The number of carbonyl (C=O) groups is 2. The Kier molecular flexibility index (Phi) is 2.53. The molecule has 7 heteroatoms. The molecule has 3 amide bonds. The Labute approximate surface area is 93.8 Å². The van der Waals surface area contributed by atoms with Crippen molar-refractivity contribution < 1.29 is 22.8 Å². The highest BCUT2D eigenvalue weighted by Gasteiger charge is 2.34. The number of rotatable bonds is 1. The van der Waals surface area contributed by atoms with Crippen LogP contribution >= 0.6 is 0 Å². The van der Waals surface area contributed by atoms with Crippen molar-refractivity contribution in [3.05, 3.63) is 35.4 Å². The van der Waals surface area contributed by atoms with Crippen LogP contribution in [0.1, 0.15) is 17.2 Å². The van der Waals surface area contributed by atoms with E-state index < -0.39 is 29.7 Å². The molecule has 1 aliphatic rings. The van der Waals surface area contributed by atoms with Crippen molar-refractivity contribution >= 4 is 11.9 Å². The molecule has 17 heavy (non-hydrogen) atoms. The summed E-state index contributed by atoms with van der Waals surface area (Å²) in [5.74, 6) is -0.658. The summed E-state index contributed by atoms with van der Waals surface area (Å²) in [7, 11) is 0. The first-order valence-corrected chi connectivity index (χ1v) is 4.66. The molecule has 90 valence electrons. The van der Waals surface area contributed by atoms with Gasteiger partial charge in [-0.1, -0.05) is 12.1 Å². The maximum atomic E-state index is 12.4. The van der Waals surface area contributed by atoms with Gasteiger partial charge < -0.3 is 5.32 Å². The number of nitrogens with one attached hydrogen (secondary N) is 2. The molecule has 0 spiro atoms. The Hall–Kier alpha value is -2.05. The third-order valence-corrected chi connectivity index (χ3v) is 2.32. The lowest BCUT2D eigenvalue weighted by atomic mass is 10.0. The molecule has 1 fully saturated rings. The van der Waals surface area contributed by atoms with Crippen molar-refractivity contribution in [2.75, 3.05) is 0 Å². The molecule has 4 nitrogen and oxygen atoms in total. The van der Waals surface area contributed by atoms with Crippen molar-refractivity contribution in [3.63, 3.8) is 0 Å². The Bertz CT molecular complexity index is 485. The van der Waals surface area contributed by atoms with Crippen molar-refractivity contribution in [1.82, 2.24) is 10.6 Å². The number of amides is 3. The summed E-state index contributed by atoms with van der Waals surface area (Å²) in [5, 5.41) is 4.18. The highest BCUT2D eigenvalue weighted by atomic mass is 19.4. The lowest BCUT2D eigenvalue weighted by Gasteiger charge is -2.11. The second-order valence-electron chi connectivity index (χ2n) is 3.52. The zero-order chi connectivity index (χ0) is 12.6. The molecule has 0 radical (unpaired) electrons. The van der Waals surface area contributed by atoms with E-state index in [0.717, 1.165) is 12.1 Å². The Morgan fingerprint density at radius 1 is 1.18 bits per heavy atom. The summed E-state index contributed by atoms with van der Waals surface area (Å²) in [6.45, 7) is 0. The van der Waals surface area contributed by atoms with E-state index in [4.69, 9.17) is 0 Å². The predicted octanol–water partition coefficient (Wildman–Crippen LogP) is 1.59. The molecule has 2 N–H and O–H groups in total. The molecule has 0 bridgehead atoms. The zero-order valence-corrected chi connectivity index (χ0v) is 8.34. The van der Waals surface area contributed by atoms with Crippen LogP contribution in [-0.2, 0) is 11.0 Å². The molecule has 1 aromatic rings. The van der Waals surface area contributed by atoms with E-state index in [1.807, 2.05) is 5.32 Å². The van der Waals surface area contributed by atoms with Crippen LogP contribution < -0.4 is 10.6 Å². The summed E-state index contributed by atoms with van der Waals surface area (Å²) >= 11 is 0. The highest BCUT2D eigenvalue weighted by molar-refractivity contribution is 6.04. The van der Waals surface area contributed by atoms with Gasteiger partial charge in [0.15, 0.2) is 0 Å². The highest BCUT2D eigenvalue weighted by Crippen LogP contribution is 2.31. The molecular formula is C10H7F3N2O2. The second kappa shape index (κ2) is 3.76. The second-order valence-corrected chi connectivity index (χ2v) is 3.52. The minimum atomic E-state index is -4.48. The van der Waals surface area contributed by atoms with Crippen molar-refractivity contribution in [1.29, 1.82) is 0 Å². The topological polar surface area (TPSA) is 58.2 Å². The molecule has 1 aromatic carbocycles. The van der Waals surface area contributed by atoms with E-state index in [1.165, 1.54) is 12.1 Å². The van der Waals surface area contributed by atoms with Gasteiger partial charge in [0, 0.05) is 0 Å². The number of urea groups is 1. The number of hydrogen-bond acceptors (Lipinski definition) is 2. The molecule has 0 unspecified atom stereocenters. The van der Waals surface area contributed by atoms with Gasteiger partial charge >= 0.3 is 12.2 Å². The van der Waals surface area contributed by atoms with Crippen LogP contribution in [-0.4, -0.2) is 11.9 Å². The van der Waals surface area contributed by atoms with Crippen LogP contribution in [0, 0.1) is 0 Å². The minimum Gasteiger partial charge on any atom is -0.322 e. The SMILES string of the molecule is O=C1NC(=O)[C@@H](c2cccc(C(F)(F)F)c2)N1. The van der Waals surface area contributed by atoms with E-state index in [2.05, 4.69) is 5.32 Å². The van der Waals surface area contributed by atoms with E-state index in [1.54, 1.807) is 0 Å². The maximum absolute atomic E-state index is 12.4. The fourth-order valence-corrected chi connectivity index (χ4v) is 1.55. The quantitative estimate of drug-likeness (QED) is 0.737. The number of benzene rings is 1. The molecule has 0 aliphatic carbocycles. The van der Waals surface area contributed by atoms with E-state index in [9.17, 15) is 22.8 Å². The van der Waals surface area contributed by atoms with Crippen molar-refractivity contribution in [2.24, 2.45) is 0 Å². The predicted molar refractivity (Wildman–Crippen MR) is 50.9 cm³/mol. The van der Waals surface area contributed by atoms with Crippen LogP contribution in [0.5, 0.6) is 0 Å². The van der Waals surface area contributed by atoms with Crippen molar-refractivity contribution in [2.45, 2.75) is 12.2 Å². The number of carbonyl (C=O) groups excluding carboxylic acids is 2. The fraction of sp³-hybridized carbons (Fsp3) is 0.200. The lowest BCUT2D eigenvalue weighted by Crippen LogP contribution is -2.22. The molecule has 0 saturated carbocycles. The maximum Gasteiger partial charge on any atom is 0.416 e. The monoisotopic (exact) mass is 244 g/mol. The number of imide groups is 1. The fourth-order valence-electron chi connectivity index (χ4n) is 1.55. The van der Waals surface area contributed by atoms with E-state index >= 15 is 0 Å². The van der Waals surface area contributed by atoms with Gasteiger partial charge in [-0.15, -0.1) is 0 Å². The largest absolute Gasteiger partial charge is 0.416 e. The van der Waals surface area contributed by atoms with Crippen LogP contribution in [0.3, 0.4) is 0 Å². The Balaban J connectivity index is 2.34. The van der Waals surface area contributed by atoms with Crippen molar-refractivity contribution in [3.8, 4) is 0 Å². The van der Waals surface area contributed by atoms with Gasteiger partial charge in [-0.2, -0.15) is 13.2 Å². The lowest BCUT2D eigenvalue weighted by molar-refractivity contribution is -0.137. The average Bonchev–Trinajstić information content (AvgIpc) is 2.57. The van der Waals surface area contributed by atoms with Gasteiger partial charge in [0.1, 0.15) is 6.04 Å². The molecule has 1 heterocycles. The molecule has 1 atom stereocenters. The van der Waals surface area contributed by atoms with Crippen LogP contribution in [0.15, 0.2) is 24.3 Å².